The second-order valence-corrected chi connectivity index (χ2v) is 9.94. The topological polar surface area (TPSA) is 73.6 Å². The maximum atomic E-state index is 13.4. The Balaban J connectivity index is 1.47. The molecular weight excluding hydrogens is 530 g/mol. The number of pyridine rings is 1. The van der Waals surface area contributed by atoms with Crippen LogP contribution in [0.4, 0.5) is 13.2 Å². The number of benzene rings is 1. The molecule has 0 spiro atoms. The van der Waals surface area contributed by atoms with E-state index in [1.54, 1.807) is 11.6 Å². The molecule has 4 heterocycles. The summed E-state index contributed by atoms with van der Waals surface area (Å²) in [5, 5.41) is 8.59. The first-order chi connectivity index (χ1) is 16.3. The van der Waals surface area contributed by atoms with Crippen molar-refractivity contribution in [3.05, 3.63) is 42.2 Å². The second-order valence-electron chi connectivity index (χ2n) is 7.83. The summed E-state index contributed by atoms with van der Waals surface area (Å²) in [7, 11) is 1.59. The van der Waals surface area contributed by atoms with Gasteiger partial charge in [-0.25, -0.2) is 0 Å². The summed E-state index contributed by atoms with van der Waals surface area (Å²) < 4.78 is 53.3. The van der Waals surface area contributed by atoms with Gasteiger partial charge in [-0.3, -0.25) is 0 Å². The van der Waals surface area contributed by atoms with Crippen molar-refractivity contribution in [3.8, 4) is 33.3 Å². The van der Waals surface area contributed by atoms with Crippen molar-refractivity contribution >= 4 is 37.6 Å². The zero-order valence-electron chi connectivity index (χ0n) is 18.1. The van der Waals surface area contributed by atoms with Crippen molar-refractivity contribution in [2.75, 3.05) is 20.2 Å². The van der Waals surface area contributed by atoms with Crippen LogP contribution in [0.5, 0.6) is 11.5 Å². The zero-order chi connectivity index (χ0) is 23.9. The van der Waals surface area contributed by atoms with E-state index < -0.39 is 11.7 Å². The van der Waals surface area contributed by atoms with Gasteiger partial charge < -0.3 is 10.1 Å². The van der Waals surface area contributed by atoms with Crippen LogP contribution in [0.3, 0.4) is 0 Å². The van der Waals surface area contributed by atoms with Crippen LogP contribution in [0.15, 0.2) is 36.7 Å². The number of methoxy groups -OCH3 is 1. The Hall–Kier alpha value is -2.62. The molecule has 1 unspecified atom stereocenters. The molecular formula is C22H21AsF3N5O2S. The third kappa shape index (κ3) is 4.52. The average Bonchev–Trinajstić information content (AvgIpc) is 3.41. The number of nitrogens with one attached hydrogen (secondary N) is 1. The number of aromatic nitrogens is 4. The summed E-state index contributed by atoms with van der Waals surface area (Å²) in [6.45, 7) is 1.85. The predicted molar refractivity (Wildman–Crippen MR) is 126 cm³/mol. The van der Waals surface area contributed by atoms with Crippen LogP contribution in [0.2, 0.25) is 0 Å². The Morgan fingerprint density at radius 2 is 1.88 bits per heavy atom. The minimum atomic E-state index is -4.47. The Labute approximate surface area is 205 Å². The van der Waals surface area contributed by atoms with Crippen LogP contribution < -0.4 is 19.3 Å². The average molecular weight is 551 g/mol. The molecule has 1 N–H and O–H groups in total. The van der Waals surface area contributed by atoms with E-state index in [-0.39, 0.29) is 10.6 Å². The molecule has 0 saturated carbocycles. The molecule has 5 rings (SSSR count). The van der Waals surface area contributed by atoms with Gasteiger partial charge in [0.2, 0.25) is 0 Å². The first kappa shape index (κ1) is 23.1. The standard InChI is InChI=1S/C22H21AsF3N5O2S/c1-32-18-9-12(2-3-17(18)33-14-4-6-27-7-5-14)20-30-31-16(11-29-21(31)34-20)13-8-15(22(24,25)26)19(23)28-10-13/h2-3,8-11,14,27H,4-7,23H2,1H3. The van der Waals surface area contributed by atoms with E-state index in [9.17, 15) is 13.2 Å². The molecule has 0 bridgehead atoms. The van der Waals surface area contributed by atoms with Crippen molar-refractivity contribution in [3.63, 3.8) is 0 Å². The van der Waals surface area contributed by atoms with Crippen molar-refractivity contribution in [2.45, 2.75) is 25.1 Å². The molecule has 4 aromatic rings. The van der Waals surface area contributed by atoms with Crippen molar-refractivity contribution in [2.24, 2.45) is 0 Å². The van der Waals surface area contributed by atoms with Gasteiger partial charge in [-0.15, -0.1) is 0 Å². The first-order valence-corrected chi connectivity index (χ1v) is 12.6. The van der Waals surface area contributed by atoms with Gasteiger partial charge in [0.25, 0.3) is 0 Å². The number of alkyl halides is 3. The third-order valence-corrected chi connectivity index (χ3v) is 7.53. The summed E-state index contributed by atoms with van der Waals surface area (Å²) in [5.41, 5.74) is 0.809. The van der Waals surface area contributed by atoms with Gasteiger partial charge in [0, 0.05) is 0 Å². The molecule has 1 aromatic carbocycles. The van der Waals surface area contributed by atoms with Gasteiger partial charge in [-0.05, 0) is 25.9 Å². The Kier molecular flexibility index (Phi) is 6.26. The second kappa shape index (κ2) is 9.20. The number of imidazole rings is 1. The van der Waals surface area contributed by atoms with Crippen LogP contribution in [0.25, 0.3) is 26.8 Å². The molecule has 12 heteroatoms. The number of ether oxygens (including phenoxy) is 2. The number of nitrogens with zero attached hydrogens (tertiary/aromatic N) is 4. The van der Waals surface area contributed by atoms with Gasteiger partial charge in [0.1, 0.15) is 6.10 Å². The fourth-order valence-electron chi connectivity index (χ4n) is 3.84. The summed E-state index contributed by atoms with van der Waals surface area (Å²) in [4.78, 5) is 8.87. The molecule has 0 aliphatic carbocycles. The molecule has 1 fully saturated rings. The van der Waals surface area contributed by atoms with E-state index in [4.69, 9.17) is 9.47 Å². The van der Waals surface area contributed by atoms with Gasteiger partial charge in [-0.2, -0.15) is 0 Å². The predicted octanol–water partition coefficient (Wildman–Crippen LogP) is 2.94. The van der Waals surface area contributed by atoms with Crippen LogP contribution in [0, 0.1) is 0 Å². The Morgan fingerprint density at radius 3 is 2.62 bits per heavy atom. The van der Waals surface area contributed by atoms with E-state index in [2.05, 4.69) is 20.4 Å². The number of hydrogen-bond donors (Lipinski definition) is 1. The molecule has 7 nitrogen and oxygen atoms in total. The van der Waals surface area contributed by atoms with Crippen molar-refractivity contribution in [1.29, 1.82) is 0 Å². The molecule has 3 aromatic heterocycles. The molecule has 1 atom stereocenters. The van der Waals surface area contributed by atoms with Crippen molar-refractivity contribution in [1.82, 2.24) is 24.9 Å². The first-order valence-electron chi connectivity index (χ1n) is 10.6. The third-order valence-electron chi connectivity index (χ3n) is 5.60. The molecule has 1 aliphatic rings. The Morgan fingerprint density at radius 1 is 1.09 bits per heavy atom. The number of halogens is 3. The molecule has 0 radical (unpaired) electrons. The minimum absolute atomic E-state index is 0.0117. The summed E-state index contributed by atoms with van der Waals surface area (Å²) >= 11 is 2.16. The van der Waals surface area contributed by atoms with E-state index >= 15 is 0 Å². The summed E-state index contributed by atoms with van der Waals surface area (Å²) in [6.07, 6.45) is 0.463. The van der Waals surface area contributed by atoms with Gasteiger partial charge >= 0.3 is 157 Å². The fourth-order valence-corrected chi connectivity index (χ4v) is 5.39. The normalized spacial score (nSPS) is 15.1. The molecule has 34 heavy (non-hydrogen) atoms. The molecule has 1 aliphatic heterocycles. The monoisotopic (exact) mass is 551 g/mol. The minimum Gasteiger partial charge on any atom is -0.486 e. The van der Waals surface area contributed by atoms with Gasteiger partial charge in [-0.1, -0.05) is 0 Å². The van der Waals surface area contributed by atoms with E-state index in [0.717, 1.165) is 54.4 Å². The van der Waals surface area contributed by atoms with E-state index in [1.165, 1.54) is 23.7 Å². The van der Waals surface area contributed by atoms with Crippen molar-refractivity contribution < 1.29 is 22.6 Å². The van der Waals surface area contributed by atoms with Crippen LogP contribution in [-0.2, 0) is 6.18 Å². The fraction of sp³-hybridized carbons (Fsp3) is 0.318. The number of fused-ring (bicyclic) bond motifs is 1. The van der Waals surface area contributed by atoms with Gasteiger partial charge in [0.15, 0.2) is 0 Å². The number of rotatable bonds is 5. The van der Waals surface area contributed by atoms with Crippen LogP contribution in [0.1, 0.15) is 18.4 Å². The van der Waals surface area contributed by atoms with Crippen LogP contribution >= 0.6 is 11.3 Å². The quantitative estimate of drug-likeness (QED) is 0.385. The zero-order valence-corrected chi connectivity index (χ0v) is 21.3. The number of piperidine rings is 1. The summed E-state index contributed by atoms with van der Waals surface area (Å²) in [6, 6.07) is 6.71. The Bertz CT molecular complexity index is 1330. The molecule has 178 valence electrons. The smallest absolute Gasteiger partial charge is 0.486 e. The van der Waals surface area contributed by atoms with Gasteiger partial charge in [0.05, 0.1) is 7.11 Å². The maximum absolute atomic E-state index is 13.4. The van der Waals surface area contributed by atoms with Crippen LogP contribution in [-0.4, -0.2) is 62.7 Å². The molecule has 1 saturated heterocycles. The molecule has 0 amide bonds. The SMILES string of the molecule is COc1cc(-c2nn3c(-c4cnc([AsH2])c(C(F)(F)F)c4)cnc3s2)ccc1OC1CCNCC1. The van der Waals surface area contributed by atoms with E-state index in [1.807, 2.05) is 18.2 Å². The number of hydrogen-bond acceptors (Lipinski definition) is 7. The summed E-state index contributed by atoms with van der Waals surface area (Å²) in [5.74, 6) is 1.27. The van der Waals surface area contributed by atoms with E-state index in [0.29, 0.717) is 32.7 Å².